The standard InChI is InChI=1S/C20H30N4O2/c25-19(16-24-13-4-1-3-9-20(24)26)22-15-18(17-8-7-10-21-14-17)23-11-5-2-6-12-23/h7-8,10,14,18H,1-6,9,11-13,15-16H2,(H,22,25)/t18-/m0/s1. The van der Waals surface area contributed by atoms with E-state index in [0.717, 1.165) is 37.9 Å². The molecule has 1 N–H and O–H groups in total. The van der Waals surface area contributed by atoms with Gasteiger partial charge in [0, 0.05) is 31.9 Å². The van der Waals surface area contributed by atoms with Crippen LogP contribution in [0.5, 0.6) is 0 Å². The molecule has 1 aromatic heterocycles. The summed E-state index contributed by atoms with van der Waals surface area (Å²) in [6.07, 6.45) is 10.9. The highest BCUT2D eigenvalue weighted by molar-refractivity contribution is 5.84. The van der Waals surface area contributed by atoms with Gasteiger partial charge in [0.15, 0.2) is 0 Å². The zero-order chi connectivity index (χ0) is 18.2. The van der Waals surface area contributed by atoms with E-state index in [2.05, 4.69) is 21.3 Å². The first-order valence-electron chi connectivity index (χ1n) is 9.92. The number of amides is 2. The zero-order valence-corrected chi connectivity index (χ0v) is 15.5. The average molecular weight is 358 g/mol. The lowest BCUT2D eigenvalue weighted by Crippen LogP contribution is -2.44. The van der Waals surface area contributed by atoms with Crippen LogP contribution >= 0.6 is 0 Å². The van der Waals surface area contributed by atoms with Crippen molar-refractivity contribution in [3.63, 3.8) is 0 Å². The number of carbonyl (C=O) groups excluding carboxylic acids is 2. The van der Waals surface area contributed by atoms with Gasteiger partial charge < -0.3 is 10.2 Å². The minimum Gasteiger partial charge on any atom is -0.353 e. The lowest BCUT2D eigenvalue weighted by atomic mass is 10.0. The first-order valence-corrected chi connectivity index (χ1v) is 9.92. The topological polar surface area (TPSA) is 65.5 Å². The van der Waals surface area contributed by atoms with Crippen LogP contribution in [-0.4, -0.2) is 59.3 Å². The molecule has 0 aliphatic carbocycles. The molecule has 26 heavy (non-hydrogen) atoms. The average Bonchev–Trinajstić information content (AvgIpc) is 2.88. The Balaban J connectivity index is 1.58. The second-order valence-corrected chi connectivity index (χ2v) is 7.33. The van der Waals surface area contributed by atoms with Crippen molar-refractivity contribution in [2.24, 2.45) is 0 Å². The monoisotopic (exact) mass is 358 g/mol. The van der Waals surface area contributed by atoms with Gasteiger partial charge in [-0.2, -0.15) is 0 Å². The van der Waals surface area contributed by atoms with Crippen molar-refractivity contribution in [2.45, 2.75) is 51.0 Å². The molecule has 2 fully saturated rings. The smallest absolute Gasteiger partial charge is 0.239 e. The van der Waals surface area contributed by atoms with Gasteiger partial charge in [0.1, 0.15) is 0 Å². The minimum atomic E-state index is -0.0638. The first-order chi connectivity index (χ1) is 12.7. The van der Waals surface area contributed by atoms with Gasteiger partial charge in [0.05, 0.1) is 12.6 Å². The quantitative estimate of drug-likeness (QED) is 0.846. The van der Waals surface area contributed by atoms with Gasteiger partial charge in [0.25, 0.3) is 0 Å². The Bertz CT molecular complexity index is 587. The molecule has 2 saturated heterocycles. The van der Waals surface area contributed by atoms with E-state index in [9.17, 15) is 9.59 Å². The fraction of sp³-hybridized carbons (Fsp3) is 0.650. The van der Waals surface area contributed by atoms with Crippen LogP contribution in [0, 0.1) is 0 Å². The number of piperidine rings is 1. The Morgan fingerprint density at radius 2 is 1.88 bits per heavy atom. The Morgan fingerprint density at radius 1 is 1.12 bits per heavy atom. The summed E-state index contributed by atoms with van der Waals surface area (Å²) in [6.45, 7) is 3.55. The van der Waals surface area contributed by atoms with Crippen LogP contribution in [0.3, 0.4) is 0 Å². The third-order valence-corrected chi connectivity index (χ3v) is 5.40. The molecule has 3 rings (SSSR count). The largest absolute Gasteiger partial charge is 0.353 e. The number of hydrogen-bond donors (Lipinski definition) is 1. The fourth-order valence-corrected chi connectivity index (χ4v) is 3.91. The van der Waals surface area contributed by atoms with Crippen molar-refractivity contribution < 1.29 is 9.59 Å². The molecule has 2 aliphatic rings. The summed E-state index contributed by atoms with van der Waals surface area (Å²) in [5, 5.41) is 3.06. The summed E-state index contributed by atoms with van der Waals surface area (Å²) in [6, 6.07) is 4.17. The highest BCUT2D eigenvalue weighted by Crippen LogP contribution is 2.23. The number of pyridine rings is 1. The highest BCUT2D eigenvalue weighted by Gasteiger charge is 2.24. The van der Waals surface area contributed by atoms with Gasteiger partial charge in [-0.3, -0.25) is 19.5 Å². The molecule has 0 unspecified atom stereocenters. The van der Waals surface area contributed by atoms with Gasteiger partial charge in [0.2, 0.25) is 11.8 Å². The SMILES string of the molecule is O=C(CN1CCCCCC1=O)NC[C@@H](c1cccnc1)N1CCCCC1. The van der Waals surface area contributed by atoms with Gasteiger partial charge in [-0.25, -0.2) is 0 Å². The van der Waals surface area contributed by atoms with E-state index in [1.165, 1.54) is 19.3 Å². The Kier molecular flexibility index (Phi) is 7.00. The number of rotatable bonds is 6. The maximum Gasteiger partial charge on any atom is 0.239 e. The maximum atomic E-state index is 12.4. The van der Waals surface area contributed by atoms with Crippen LogP contribution in [-0.2, 0) is 9.59 Å². The van der Waals surface area contributed by atoms with Crippen LogP contribution in [0.4, 0.5) is 0 Å². The summed E-state index contributed by atoms with van der Waals surface area (Å²) in [4.78, 5) is 32.9. The Morgan fingerprint density at radius 3 is 2.65 bits per heavy atom. The molecule has 2 aliphatic heterocycles. The van der Waals surface area contributed by atoms with Crippen LogP contribution in [0.15, 0.2) is 24.5 Å². The van der Waals surface area contributed by atoms with E-state index in [0.29, 0.717) is 19.5 Å². The molecule has 6 nitrogen and oxygen atoms in total. The van der Waals surface area contributed by atoms with Crippen molar-refractivity contribution in [3.05, 3.63) is 30.1 Å². The summed E-state index contributed by atoms with van der Waals surface area (Å²) < 4.78 is 0. The zero-order valence-electron chi connectivity index (χ0n) is 15.5. The highest BCUT2D eigenvalue weighted by atomic mass is 16.2. The number of aromatic nitrogens is 1. The number of likely N-dealkylation sites (tertiary alicyclic amines) is 2. The molecule has 0 spiro atoms. The lowest BCUT2D eigenvalue weighted by Gasteiger charge is -2.35. The molecule has 0 aromatic carbocycles. The van der Waals surface area contributed by atoms with Crippen molar-refractivity contribution in [3.8, 4) is 0 Å². The molecule has 142 valence electrons. The van der Waals surface area contributed by atoms with Crippen LogP contribution in [0.2, 0.25) is 0 Å². The van der Waals surface area contributed by atoms with Crippen molar-refractivity contribution in [1.82, 2.24) is 20.1 Å². The number of nitrogens with one attached hydrogen (secondary N) is 1. The molecular weight excluding hydrogens is 328 g/mol. The second-order valence-electron chi connectivity index (χ2n) is 7.33. The molecule has 6 heteroatoms. The van der Waals surface area contributed by atoms with E-state index in [-0.39, 0.29) is 24.4 Å². The van der Waals surface area contributed by atoms with E-state index in [1.54, 1.807) is 11.1 Å². The Hall–Kier alpha value is -1.95. The van der Waals surface area contributed by atoms with E-state index >= 15 is 0 Å². The summed E-state index contributed by atoms with van der Waals surface area (Å²) in [5.74, 6) is 0.0450. The third kappa shape index (κ3) is 5.27. The van der Waals surface area contributed by atoms with E-state index in [1.807, 2.05) is 12.3 Å². The normalized spacial score (nSPS) is 20.5. The van der Waals surface area contributed by atoms with Gasteiger partial charge >= 0.3 is 0 Å². The first kappa shape index (κ1) is 18.8. The van der Waals surface area contributed by atoms with Gasteiger partial charge in [-0.15, -0.1) is 0 Å². The van der Waals surface area contributed by atoms with Gasteiger partial charge in [-0.05, 0) is 50.4 Å². The van der Waals surface area contributed by atoms with Crippen molar-refractivity contribution in [2.75, 3.05) is 32.7 Å². The summed E-state index contributed by atoms with van der Waals surface area (Å²) in [5.41, 5.74) is 1.14. The molecule has 0 radical (unpaired) electrons. The molecule has 0 bridgehead atoms. The molecular formula is C20H30N4O2. The lowest BCUT2D eigenvalue weighted by molar-refractivity contribution is -0.135. The van der Waals surface area contributed by atoms with Crippen molar-refractivity contribution in [1.29, 1.82) is 0 Å². The predicted octanol–water partition coefficient (Wildman–Crippen LogP) is 2.13. The third-order valence-electron chi connectivity index (χ3n) is 5.40. The molecule has 2 amide bonds. The number of carbonyl (C=O) groups is 2. The summed E-state index contributed by atoms with van der Waals surface area (Å²) >= 11 is 0. The second kappa shape index (κ2) is 9.67. The van der Waals surface area contributed by atoms with Crippen molar-refractivity contribution >= 4 is 11.8 Å². The molecule has 0 saturated carbocycles. The Labute approximate surface area is 156 Å². The van der Waals surface area contributed by atoms with Crippen LogP contribution in [0.1, 0.15) is 56.6 Å². The fourth-order valence-electron chi connectivity index (χ4n) is 3.91. The van der Waals surface area contributed by atoms with Crippen LogP contribution in [0.25, 0.3) is 0 Å². The van der Waals surface area contributed by atoms with E-state index in [4.69, 9.17) is 0 Å². The minimum absolute atomic E-state index is 0.0638. The number of hydrogen-bond acceptors (Lipinski definition) is 4. The van der Waals surface area contributed by atoms with Crippen LogP contribution < -0.4 is 5.32 Å². The summed E-state index contributed by atoms with van der Waals surface area (Å²) in [7, 11) is 0. The predicted molar refractivity (Wildman–Crippen MR) is 100 cm³/mol. The maximum absolute atomic E-state index is 12.4. The molecule has 1 aromatic rings. The van der Waals surface area contributed by atoms with Gasteiger partial charge in [-0.1, -0.05) is 18.9 Å². The van der Waals surface area contributed by atoms with E-state index < -0.39 is 0 Å². The molecule has 1 atom stereocenters. The molecule has 3 heterocycles. The number of nitrogens with zero attached hydrogens (tertiary/aromatic N) is 3.